The van der Waals surface area contributed by atoms with E-state index >= 15 is 0 Å². The Balaban J connectivity index is 1.03. The summed E-state index contributed by atoms with van der Waals surface area (Å²) in [6.07, 6.45) is 2.10. The predicted molar refractivity (Wildman–Crippen MR) is 229 cm³/mol. The van der Waals surface area contributed by atoms with E-state index in [4.69, 9.17) is 19.4 Å². The van der Waals surface area contributed by atoms with Gasteiger partial charge in [0.2, 0.25) is 11.8 Å². The van der Waals surface area contributed by atoms with Gasteiger partial charge in [-0.3, -0.25) is 9.59 Å². The number of H-pyrrole nitrogens is 2. The number of fused-ring (bicyclic) bond motifs is 1. The van der Waals surface area contributed by atoms with Gasteiger partial charge in [-0.1, -0.05) is 96.1 Å². The van der Waals surface area contributed by atoms with Crippen molar-refractivity contribution in [2.45, 2.75) is 78.6 Å². The molecule has 2 aliphatic rings. The number of benzene rings is 3. The Labute approximate surface area is 350 Å². The Hall–Kier alpha value is -6.18. The van der Waals surface area contributed by atoms with Gasteiger partial charge >= 0.3 is 12.2 Å². The Bertz CT molecular complexity index is 2330. The Morgan fingerprint density at radius 2 is 1.10 bits per heavy atom. The van der Waals surface area contributed by atoms with Gasteiger partial charge in [0, 0.05) is 13.1 Å². The summed E-state index contributed by atoms with van der Waals surface area (Å²) in [7, 11) is 2.59. The van der Waals surface area contributed by atoms with E-state index in [9.17, 15) is 19.2 Å². The van der Waals surface area contributed by atoms with Gasteiger partial charge in [-0.05, 0) is 76.5 Å². The standard InChI is InChI=1S/C46H56N8O6/c1-25(2)39(51-45(57)59-7)43(55)53-23-27(5)19-37(53)41-47-22-36(50-41)32-15-13-30(14-16-32)29-9-11-31(12-10-29)33-17-18-34-35(21-33)49-42(48-34)38-20-28(6)24-54(38)44(56)40(26(3)4)52-46(58)60-8/h9-18,21-22,25-28,37-40H,19-20,23-24H2,1-8H3,(H,47,50)(H,48,49)(H,51,57)(H,52,58). The third kappa shape index (κ3) is 8.73. The van der Waals surface area contributed by atoms with E-state index in [2.05, 4.69) is 95.1 Å². The minimum atomic E-state index is -0.701. The highest BCUT2D eigenvalue weighted by molar-refractivity contribution is 5.88. The molecule has 5 aromatic rings. The normalized spacial score (nSPS) is 20.1. The second-order valence-corrected chi connectivity index (χ2v) is 17.1. The SMILES string of the molecule is COC(=O)NC(C(=O)N1CC(C)CC1c1ncc(-c2ccc(-c3ccc(-c4ccc5nc(C6CC(C)CN6C(=O)C(NC(=O)OC)C(C)C)[nH]c5c4)cc3)cc2)[nH]1)C(C)C. The van der Waals surface area contributed by atoms with E-state index in [0.717, 1.165) is 69.0 Å². The number of hydrogen-bond donors (Lipinski definition) is 4. The Kier molecular flexibility index (Phi) is 12.3. The fraction of sp³-hybridized carbons (Fsp3) is 0.435. The van der Waals surface area contributed by atoms with Crippen molar-refractivity contribution in [3.63, 3.8) is 0 Å². The largest absolute Gasteiger partial charge is 0.453 e. The topological polar surface area (TPSA) is 175 Å². The summed E-state index contributed by atoms with van der Waals surface area (Å²) in [4.78, 5) is 71.8. The first-order valence-corrected chi connectivity index (χ1v) is 20.8. The van der Waals surface area contributed by atoms with Crippen molar-refractivity contribution in [3.8, 4) is 33.5 Å². The van der Waals surface area contributed by atoms with Crippen LogP contribution in [0.25, 0.3) is 44.5 Å². The summed E-state index contributed by atoms with van der Waals surface area (Å²) < 4.78 is 9.58. The molecule has 3 aromatic carbocycles. The van der Waals surface area contributed by atoms with Crippen LogP contribution in [0.1, 0.15) is 78.1 Å². The fourth-order valence-electron chi connectivity index (χ4n) is 8.57. The zero-order valence-electron chi connectivity index (χ0n) is 35.6. The summed E-state index contributed by atoms with van der Waals surface area (Å²) in [5, 5.41) is 5.44. The van der Waals surface area contributed by atoms with Gasteiger partial charge < -0.3 is 39.9 Å². The number of ether oxygens (including phenoxy) is 2. The molecule has 0 aliphatic carbocycles. The summed E-state index contributed by atoms with van der Waals surface area (Å²) in [5.41, 5.74) is 7.82. The molecule has 0 radical (unpaired) electrons. The van der Waals surface area contributed by atoms with E-state index in [-0.39, 0.29) is 47.6 Å². The lowest BCUT2D eigenvalue weighted by molar-refractivity contribution is -0.136. The molecule has 14 nitrogen and oxygen atoms in total. The summed E-state index contributed by atoms with van der Waals surface area (Å²) in [5.74, 6) is 1.51. The lowest BCUT2D eigenvalue weighted by atomic mass is 9.99. The summed E-state index contributed by atoms with van der Waals surface area (Å²) >= 11 is 0. The molecule has 2 saturated heterocycles. The van der Waals surface area contributed by atoms with Crippen LogP contribution in [0.5, 0.6) is 0 Å². The van der Waals surface area contributed by atoms with Gasteiger partial charge in [0.05, 0.1) is 49.2 Å². The van der Waals surface area contributed by atoms with Crippen molar-refractivity contribution in [2.75, 3.05) is 27.3 Å². The number of carbonyl (C=O) groups is 4. The molecule has 2 fully saturated rings. The van der Waals surface area contributed by atoms with Gasteiger partial charge in [0.1, 0.15) is 23.7 Å². The monoisotopic (exact) mass is 816 g/mol. The van der Waals surface area contributed by atoms with E-state index < -0.39 is 24.3 Å². The third-order valence-electron chi connectivity index (χ3n) is 11.8. The number of methoxy groups -OCH3 is 2. The molecule has 6 atom stereocenters. The van der Waals surface area contributed by atoms with Crippen LogP contribution in [0.4, 0.5) is 9.59 Å². The first-order chi connectivity index (χ1) is 28.7. The smallest absolute Gasteiger partial charge is 0.407 e. The summed E-state index contributed by atoms with van der Waals surface area (Å²) in [6, 6.07) is 21.1. The molecule has 2 aromatic heterocycles. The first kappa shape index (κ1) is 42.0. The molecule has 0 saturated carbocycles. The summed E-state index contributed by atoms with van der Waals surface area (Å²) in [6.45, 7) is 13.0. The van der Waals surface area contributed by atoms with Gasteiger partial charge in [-0.25, -0.2) is 19.6 Å². The maximum absolute atomic E-state index is 13.8. The number of aromatic amines is 2. The van der Waals surface area contributed by atoms with Crippen molar-refractivity contribution in [1.29, 1.82) is 0 Å². The zero-order valence-corrected chi connectivity index (χ0v) is 35.6. The average molecular weight is 817 g/mol. The van der Waals surface area contributed by atoms with Gasteiger partial charge in [-0.2, -0.15) is 0 Å². The molecule has 0 bridgehead atoms. The number of nitrogens with one attached hydrogen (secondary N) is 4. The van der Waals surface area contributed by atoms with Crippen LogP contribution in [-0.2, 0) is 19.1 Å². The van der Waals surface area contributed by atoms with Crippen LogP contribution in [-0.4, -0.2) is 93.1 Å². The average Bonchev–Trinajstić information content (AvgIpc) is 4.06. The second kappa shape index (κ2) is 17.6. The van der Waals surface area contributed by atoms with Crippen molar-refractivity contribution in [3.05, 3.63) is 84.6 Å². The second-order valence-electron chi connectivity index (χ2n) is 17.1. The van der Waals surface area contributed by atoms with E-state index in [1.807, 2.05) is 49.8 Å². The fourth-order valence-corrected chi connectivity index (χ4v) is 8.57. The number of carbonyl (C=O) groups excluding carboxylic acids is 4. The molecule has 4 N–H and O–H groups in total. The molecule has 316 valence electrons. The number of amides is 4. The van der Waals surface area contributed by atoms with Crippen LogP contribution in [0, 0.1) is 23.7 Å². The molecular formula is C46H56N8O6. The Morgan fingerprint density at radius 1 is 0.650 bits per heavy atom. The van der Waals surface area contributed by atoms with Gasteiger partial charge in [0.15, 0.2) is 0 Å². The number of imidazole rings is 2. The number of nitrogens with zero attached hydrogens (tertiary/aromatic N) is 4. The highest BCUT2D eigenvalue weighted by atomic mass is 16.5. The molecule has 0 spiro atoms. The molecule has 14 heteroatoms. The van der Waals surface area contributed by atoms with Crippen molar-refractivity contribution in [1.82, 2.24) is 40.4 Å². The third-order valence-corrected chi connectivity index (χ3v) is 11.8. The van der Waals surface area contributed by atoms with Crippen LogP contribution in [0.2, 0.25) is 0 Å². The van der Waals surface area contributed by atoms with Crippen molar-refractivity contribution < 1.29 is 28.7 Å². The molecule has 7 rings (SSSR count). The number of hydrogen-bond acceptors (Lipinski definition) is 8. The minimum Gasteiger partial charge on any atom is -0.453 e. The molecule has 6 unspecified atom stereocenters. The van der Waals surface area contributed by atoms with E-state index in [1.54, 1.807) is 0 Å². The number of likely N-dealkylation sites (tertiary alicyclic amines) is 2. The highest BCUT2D eigenvalue weighted by Gasteiger charge is 2.41. The molecule has 60 heavy (non-hydrogen) atoms. The number of alkyl carbamates (subject to hydrolysis) is 2. The molecular weight excluding hydrogens is 761 g/mol. The molecule has 4 heterocycles. The molecule has 4 amide bonds. The number of rotatable bonds is 11. The highest BCUT2D eigenvalue weighted by Crippen LogP contribution is 2.38. The van der Waals surface area contributed by atoms with E-state index in [1.165, 1.54) is 14.2 Å². The molecule has 2 aliphatic heterocycles. The van der Waals surface area contributed by atoms with Crippen molar-refractivity contribution in [2.24, 2.45) is 23.7 Å². The lowest BCUT2D eigenvalue weighted by Crippen LogP contribution is -2.51. The maximum atomic E-state index is 13.8. The van der Waals surface area contributed by atoms with E-state index in [0.29, 0.717) is 13.1 Å². The van der Waals surface area contributed by atoms with Crippen LogP contribution in [0.15, 0.2) is 72.9 Å². The van der Waals surface area contributed by atoms with Crippen molar-refractivity contribution >= 4 is 35.0 Å². The van der Waals surface area contributed by atoms with Crippen LogP contribution >= 0.6 is 0 Å². The minimum absolute atomic E-state index is 0.113. The number of aromatic nitrogens is 4. The van der Waals surface area contributed by atoms with Gasteiger partial charge in [-0.15, -0.1) is 0 Å². The zero-order chi connectivity index (χ0) is 42.8. The van der Waals surface area contributed by atoms with Gasteiger partial charge in [0.25, 0.3) is 0 Å². The lowest BCUT2D eigenvalue weighted by Gasteiger charge is -2.30. The predicted octanol–water partition coefficient (Wildman–Crippen LogP) is 7.87. The first-order valence-electron chi connectivity index (χ1n) is 20.8. The quantitative estimate of drug-likeness (QED) is 0.104. The van der Waals surface area contributed by atoms with Crippen LogP contribution < -0.4 is 10.6 Å². The van der Waals surface area contributed by atoms with Crippen LogP contribution in [0.3, 0.4) is 0 Å². The Morgan fingerprint density at radius 3 is 1.58 bits per heavy atom. The maximum Gasteiger partial charge on any atom is 0.407 e.